The molecule has 3 rings (SSSR count). The van der Waals surface area contributed by atoms with Crippen LogP contribution in [-0.2, 0) is 11.3 Å². The molecule has 1 aromatic rings. The molecule has 1 aromatic carbocycles. The van der Waals surface area contributed by atoms with Crippen LogP contribution in [0.25, 0.3) is 0 Å². The first-order chi connectivity index (χ1) is 9.74. The quantitative estimate of drug-likeness (QED) is 0.853. The lowest BCUT2D eigenvalue weighted by Gasteiger charge is -2.28. The average Bonchev–Trinajstić information content (AvgIpc) is 2.81. The fourth-order valence-electron chi connectivity index (χ4n) is 2.43. The molecule has 2 saturated heterocycles. The van der Waals surface area contributed by atoms with Crippen LogP contribution in [0.1, 0.15) is 5.56 Å². The van der Waals surface area contributed by atoms with E-state index in [1.807, 2.05) is 23.9 Å². The maximum Gasteiger partial charge on any atom is 0.324 e. The highest BCUT2D eigenvalue weighted by Gasteiger charge is 2.28. The molecule has 0 aliphatic carbocycles. The highest BCUT2D eigenvalue weighted by Crippen LogP contribution is 2.20. The van der Waals surface area contributed by atoms with Gasteiger partial charge in [0.2, 0.25) is 5.91 Å². The van der Waals surface area contributed by atoms with Gasteiger partial charge in [-0.15, -0.1) is 0 Å². The molecule has 106 valence electrons. The highest BCUT2D eigenvalue weighted by molar-refractivity contribution is 7.99. The van der Waals surface area contributed by atoms with Gasteiger partial charge in [-0.05, 0) is 17.7 Å². The molecule has 0 bridgehead atoms. The van der Waals surface area contributed by atoms with Crippen LogP contribution in [0.3, 0.4) is 0 Å². The van der Waals surface area contributed by atoms with E-state index in [0.29, 0.717) is 6.54 Å². The maximum absolute atomic E-state index is 11.5. The number of rotatable bonds is 3. The molecule has 0 spiro atoms. The Morgan fingerprint density at radius 3 is 2.40 bits per heavy atom. The third-order valence-corrected chi connectivity index (χ3v) is 4.53. The first-order valence-electron chi connectivity index (χ1n) is 6.74. The lowest BCUT2D eigenvalue weighted by atomic mass is 10.2. The standard InChI is InChI=1S/C14H17N3O2S/c18-13-9-15-14(19)17(13)10-11-1-3-12(4-2-11)16-5-7-20-8-6-16/h1-4H,5-10H2,(H,15,19). The Morgan fingerprint density at radius 1 is 1.10 bits per heavy atom. The second kappa shape index (κ2) is 5.75. The van der Waals surface area contributed by atoms with Gasteiger partial charge in [-0.3, -0.25) is 9.69 Å². The number of hydrogen-bond donors (Lipinski definition) is 1. The molecule has 20 heavy (non-hydrogen) atoms. The molecule has 3 amide bonds. The summed E-state index contributed by atoms with van der Waals surface area (Å²) in [6.07, 6.45) is 0. The largest absolute Gasteiger partial charge is 0.370 e. The zero-order valence-electron chi connectivity index (χ0n) is 11.2. The number of nitrogens with zero attached hydrogens (tertiary/aromatic N) is 2. The van der Waals surface area contributed by atoms with Gasteiger partial charge in [0.1, 0.15) is 0 Å². The van der Waals surface area contributed by atoms with Gasteiger partial charge in [0.15, 0.2) is 0 Å². The molecule has 0 radical (unpaired) electrons. The molecule has 0 aromatic heterocycles. The van der Waals surface area contributed by atoms with Crippen LogP contribution in [0, 0.1) is 0 Å². The van der Waals surface area contributed by atoms with Crippen LogP contribution in [0.15, 0.2) is 24.3 Å². The molecule has 0 atom stereocenters. The van der Waals surface area contributed by atoms with Crippen molar-refractivity contribution < 1.29 is 9.59 Å². The van der Waals surface area contributed by atoms with Crippen molar-refractivity contribution in [2.45, 2.75) is 6.54 Å². The van der Waals surface area contributed by atoms with Gasteiger partial charge in [-0.1, -0.05) is 12.1 Å². The van der Waals surface area contributed by atoms with Gasteiger partial charge < -0.3 is 10.2 Å². The van der Waals surface area contributed by atoms with E-state index in [4.69, 9.17) is 0 Å². The van der Waals surface area contributed by atoms with Crippen LogP contribution in [0.2, 0.25) is 0 Å². The zero-order chi connectivity index (χ0) is 13.9. The fourth-order valence-corrected chi connectivity index (χ4v) is 3.33. The summed E-state index contributed by atoms with van der Waals surface area (Å²) in [5.41, 5.74) is 2.19. The van der Waals surface area contributed by atoms with E-state index in [2.05, 4.69) is 22.3 Å². The van der Waals surface area contributed by atoms with Gasteiger partial charge >= 0.3 is 6.03 Å². The van der Waals surface area contributed by atoms with Crippen molar-refractivity contribution in [1.82, 2.24) is 10.2 Å². The molecule has 0 unspecified atom stereocenters. The van der Waals surface area contributed by atoms with Crippen molar-refractivity contribution >= 4 is 29.4 Å². The summed E-state index contributed by atoms with van der Waals surface area (Å²) < 4.78 is 0. The summed E-state index contributed by atoms with van der Waals surface area (Å²) in [7, 11) is 0. The fraction of sp³-hybridized carbons (Fsp3) is 0.429. The average molecular weight is 291 g/mol. The number of hydrogen-bond acceptors (Lipinski definition) is 4. The molecule has 6 heteroatoms. The highest BCUT2D eigenvalue weighted by atomic mass is 32.2. The summed E-state index contributed by atoms with van der Waals surface area (Å²) in [6, 6.07) is 7.84. The van der Waals surface area contributed by atoms with Gasteiger partial charge in [-0.25, -0.2) is 4.79 Å². The number of amides is 3. The molecule has 2 heterocycles. The Hall–Kier alpha value is -1.69. The number of imide groups is 1. The number of carbonyl (C=O) groups excluding carboxylic acids is 2. The van der Waals surface area contributed by atoms with Crippen molar-refractivity contribution in [3.05, 3.63) is 29.8 Å². The third-order valence-electron chi connectivity index (χ3n) is 3.59. The molecule has 2 aliphatic rings. The molecule has 1 N–H and O–H groups in total. The number of nitrogens with one attached hydrogen (secondary N) is 1. The molecule has 5 nitrogen and oxygen atoms in total. The second-order valence-corrected chi connectivity index (χ2v) is 6.13. The van der Waals surface area contributed by atoms with E-state index >= 15 is 0 Å². The number of anilines is 1. The van der Waals surface area contributed by atoms with Gasteiger partial charge in [0, 0.05) is 30.3 Å². The topological polar surface area (TPSA) is 52.7 Å². The van der Waals surface area contributed by atoms with Crippen molar-refractivity contribution in [1.29, 1.82) is 0 Å². The van der Waals surface area contributed by atoms with Crippen LogP contribution in [0.4, 0.5) is 10.5 Å². The van der Waals surface area contributed by atoms with Crippen molar-refractivity contribution in [3.63, 3.8) is 0 Å². The van der Waals surface area contributed by atoms with E-state index in [1.54, 1.807) is 0 Å². The second-order valence-electron chi connectivity index (χ2n) is 4.90. The minimum absolute atomic E-state index is 0.113. The van der Waals surface area contributed by atoms with Crippen LogP contribution in [-0.4, -0.2) is 48.0 Å². The zero-order valence-corrected chi connectivity index (χ0v) is 12.0. The Labute approximate surface area is 122 Å². The van der Waals surface area contributed by atoms with Gasteiger partial charge in [0.25, 0.3) is 0 Å². The lowest BCUT2D eigenvalue weighted by Crippen LogP contribution is -2.32. The number of benzene rings is 1. The molecular weight excluding hydrogens is 274 g/mol. The molecular formula is C14H17N3O2S. The Balaban J connectivity index is 1.66. The van der Waals surface area contributed by atoms with Gasteiger partial charge in [-0.2, -0.15) is 11.8 Å². The first kappa shape index (κ1) is 13.3. The predicted octanol–water partition coefficient (Wildman–Crippen LogP) is 1.29. The predicted molar refractivity (Wildman–Crippen MR) is 79.9 cm³/mol. The summed E-state index contributed by atoms with van der Waals surface area (Å²) in [5, 5.41) is 2.53. The maximum atomic E-state index is 11.5. The SMILES string of the molecule is O=C1CNC(=O)N1Cc1ccc(N2CCSCC2)cc1. The summed E-state index contributed by atoms with van der Waals surface area (Å²) in [5.74, 6) is 2.18. The number of thioether (sulfide) groups is 1. The van der Waals surface area contributed by atoms with Gasteiger partial charge in [0.05, 0.1) is 13.1 Å². The Kier molecular flexibility index (Phi) is 3.82. The van der Waals surface area contributed by atoms with Crippen LogP contribution in [0.5, 0.6) is 0 Å². The summed E-state index contributed by atoms with van der Waals surface area (Å²) in [6.45, 7) is 2.62. The Morgan fingerprint density at radius 2 is 1.80 bits per heavy atom. The van der Waals surface area contributed by atoms with Crippen molar-refractivity contribution in [2.75, 3.05) is 36.0 Å². The van der Waals surface area contributed by atoms with E-state index in [1.165, 1.54) is 22.1 Å². The van der Waals surface area contributed by atoms with Crippen LogP contribution < -0.4 is 10.2 Å². The third kappa shape index (κ3) is 2.75. The smallest absolute Gasteiger partial charge is 0.324 e. The first-order valence-corrected chi connectivity index (χ1v) is 7.89. The van der Waals surface area contributed by atoms with E-state index in [0.717, 1.165) is 18.7 Å². The van der Waals surface area contributed by atoms with Crippen LogP contribution >= 0.6 is 11.8 Å². The number of urea groups is 1. The minimum Gasteiger partial charge on any atom is -0.370 e. The Bertz CT molecular complexity index is 496. The van der Waals surface area contributed by atoms with Crippen molar-refractivity contribution in [3.8, 4) is 0 Å². The monoisotopic (exact) mass is 291 g/mol. The summed E-state index contributed by atoms with van der Waals surface area (Å²) in [4.78, 5) is 26.6. The number of carbonyl (C=O) groups is 2. The normalized spacial score (nSPS) is 19.4. The van der Waals surface area contributed by atoms with Crippen molar-refractivity contribution in [2.24, 2.45) is 0 Å². The molecule has 2 fully saturated rings. The van der Waals surface area contributed by atoms with E-state index in [-0.39, 0.29) is 18.5 Å². The minimum atomic E-state index is -0.299. The van der Waals surface area contributed by atoms with E-state index < -0.39 is 0 Å². The summed E-state index contributed by atoms with van der Waals surface area (Å²) >= 11 is 1.99. The molecule has 0 saturated carbocycles. The lowest BCUT2D eigenvalue weighted by molar-refractivity contribution is -0.125. The van der Waals surface area contributed by atoms with E-state index in [9.17, 15) is 9.59 Å². The molecule has 2 aliphatic heterocycles.